The molecule has 1 aliphatic heterocycles. The molecule has 8 nitrogen and oxygen atoms in total. The third-order valence-corrected chi connectivity index (χ3v) is 5.10. The van der Waals surface area contributed by atoms with E-state index in [0.29, 0.717) is 13.2 Å². The molecule has 0 aromatic carbocycles. The number of rotatable bonds is 11. The molecule has 0 spiro atoms. The van der Waals surface area contributed by atoms with E-state index >= 15 is 0 Å². The minimum atomic E-state index is -1.07. The van der Waals surface area contributed by atoms with Gasteiger partial charge in [0.25, 0.3) is 0 Å². The topological polar surface area (TPSA) is 106 Å². The zero-order valence-corrected chi connectivity index (χ0v) is 18.5. The first kappa shape index (κ1) is 23.7. The first-order valence-electron chi connectivity index (χ1n) is 8.43. The molecule has 1 heterocycles. The third-order valence-electron chi connectivity index (χ3n) is 3.75. The van der Waals surface area contributed by atoms with E-state index < -0.39 is 38.0 Å². The van der Waals surface area contributed by atoms with Crippen molar-refractivity contribution in [2.45, 2.75) is 70.2 Å². The first-order chi connectivity index (χ1) is 12.0. The van der Waals surface area contributed by atoms with Gasteiger partial charge in [-0.05, 0) is 0 Å². The normalized spacial score (nSPS) is 30.6. The molecule has 25 heavy (non-hydrogen) atoms. The molecule has 1 aliphatic rings. The minimum absolute atomic E-state index is 0.246. The summed E-state index contributed by atoms with van der Waals surface area (Å²) in [5.41, 5.74) is 8.92. The average molecular weight is 507 g/mol. The number of thiol groups is 1. The van der Waals surface area contributed by atoms with Crippen LogP contribution in [0.1, 0.15) is 39.5 Å². The number of unbranched alkanes of at least 4 members (excludes halogenated alkanes) is 2. The van der Waals surface area contributed by atoms with Crippen molar-refractivity contribution in [3.05, 3.63) is 10.4 Å². The zero-order valence-electron chi connectivity index (χ0n) is 14.5. The summed E-state index contributed by atoms with van der Waals surface area (Å²) in [4.78, 5) is 2.90. The van der Waals surface area contributed by atoms with Gasteiger partial charge in [-0.15, -0.1) is 0 Å². The molecular formula is C14H27IN3O5PS. The fourth-order valence-electron chi connectivity index (χ4n) is 2.42. The summed E-state index contributed by atoms with van der Waals surface area (Å²) < 4.78 is 22.9. The summed E-state index contributed by atoms with van der Waals surface area (Å²) in [5, 5.41) is 14.4. The predicted molar refractivity (Wildman–Crippen MR) is 109 cm³/mol. The van der Waals surface area contributed by atoms with E-state index in [0.717, 1.165) is 25.7 Å². The van der Waals surface area contributed by atoms with Crippen LogP contribution in [0.3, 0.4) is 0 Å². The van der Waals surface area contributed by atoms with Crippen LogP contribution in [0.5, 0.6) is 0 Å². The van der Waals surface area contributed by atoms with Crippen molar-refractivity contribution in [1.29, 1.82) is 0 Å². The number of ether oxygens (including phenoxy) is 3. The van der Waals surface area contributed by atoms with Crippen LogP contribution in [0, 0.1) is 0 Å². The van der Waals surface area contributed by atoms with Crippen molar-refractivity contribution < 1.29 is 23.5 Å². The number of halogens is 1. The van der Waals surface area contributed by atoms with E-state index in [1.165, 1.54) is 0 Å². The molecule has 0 aromatic rings. The summed E-state index contributed by atoms with van der Waals surface area (Å²) in [5.74, 6) is 0. The summed E-state index contributed by atoms with van der Waals surface area (Å²) >= 11 is 2.03. The van der Waals surface area contributed by atoms with Crippen molar-refractivity contribution in [3.63, 3.8) is 0 Å². The van der Waals surface area contributed by atoms with Crippen molar-refractivity contribution in [1.82, 2.24) is 0 Å². The van der Waals surface area contributed by atoms with Gasteiger partial charge in [-0.1, -0.05) is 0 Å². The van der Waals surface area contributed by atoms with Gasteiger partial charge in [-0.3, -0.25) is 0 Å². The standard InChI is InChI=1S/C14H27IN3O5PS/c1-3-5-7-20-9-10-11(17-18-16)13(21-8-6-4-2)12(19)14(22-10)23-25(15)24/h10-14,19,25H,3-9H2,1-2H3/t10-,11+,12?,13?,14+/m1/s1. The van der Waals surface area contributed by atoms with Gasteiger partial charge in [-0.25, -0.2) is 0 Å². The maximum absolute atomic E-state index is 10.6. The molecule has 11 heteroatoms. The Morgan fingerprint density at radius 2 is 2.00 bits per heavy atom. The van der Waals surface area contributed by atoms with Gasteiger partial charge in [0.1, 0.15) is 0 Å². The van der Waals surface area contributed by atoms with Gasteiger partial charge in [-0.2, -0.15) is 0 Å². The van der Waals surface area contributed by atoms with Gasteiger partial charge >= 0.3 is 165 Å². The van der Waals surface area contributed by atoms with Crippen LogP contribution in [0.15, 0.2) is 5.11 Å². The molecule has 1 fully saturated rings. The Labute approximate surface area is 165 Å². The van der Waals surface area contributed by atoms with Gasteiger partial charge in [0.2, 0.25) is 0 Å². The Bertz CT molecular complexity index is 503. The van der Waals surface area contributed by atoms with Crippen molar-refractivity contribution >= 4 is 36.3 Å². The molecule has 0 aromatic heterocycles. The van der Waals surface area contributed by atoms with E-state index in [4.69, 9.17) is 23.9 Å². The molecule has 0 radical (unpaired) electrons. The van der Waals surface area contributed by atoms with E-state index in [1.54, 1.807) is 0 Å². The Morgan fingerprint density at radius 3 is 2.60 bits per heavy atom. The van der Waals surface area contributed by atoms with E-state index in [-0.39, 0.29) is 6.61 Å². The third kappa shape index (κ3) is 8.45. The monoisotopic (exact) mass is 507 g/mol. The van der Waals surface area contributed by atoms with Gasteiger partial charge < -0.3 is 0 Å². The molecule has 1 N–H and O–H groups in total. The second-order valence-electron chi connectivity index (χ2n) is 5.68. The van der Waals surface area contributed by atoms with E-state index in [9.17, 15) is 5.11 Å². The van der Waals surface area contributed by atoms with Crippen LogP contribution >= 0.6 is 36.3 Å². The predicted octanol–water partition coefficient (Wildman–Crippen LogP) is 4.36. The number of aliphatic hydroxyl groups excluding tert-OH is 1. The maximum atomic E-state index is 10.6. The van der Waals surface area contributed by atoms with Crippen LogP contribution in [0.4, 0.5) is 0 Å². The molecule has 3 unspecified atom stereocenters. The summed E-state index contributed by atoms with van der Waals surface area (Å²) in [7, 11) is 3.17. The second kappa shape index (κ2) is 13.7. The van der Waals surface area contributed by atoms with Crippen LogP contribution in [0.25, 0.3) is 10.4 Å². The SMILES string of the molecule is CCCCOC[C@H]1O[C@@H](O[SH](#P)I)C(O)C(OCCCC)[C@H]1N=[N+]=[N-]. The molecule has 1 rings (SSSR count). The first-order valence-corrected chi connectivity index (χ1v) is 13.6. The van der Waals surface area contributed by atoms with Crippen molar-refractivity contribution in [2.75, 3.05) is 19.8 Å². The number of nitrogens with zero attached hydrogens (tertiary/aromatic N) is 3. The average Bonchev–Trinajstić information content (AvgIpc) is 2.57. The van der Waals surface area contributed by atoms with Crippen molar-refractivity contribution in [2.24, 2.45) is 5.11 Å². The molecule has 0 aliphatic carbocycles. The quantitative estimate of drug-likeness (QED) is 0.0823. The molecule has 146 valence electrons. The summed E-state index contributed by atoms with van der Waals surface area (Å²) in [6.07, 6.45) is 0.563. The molecule has 0 amide bonds. The van der Waals surface area contributed by atoms with E-state index in [1.807, 2.05) is 21.2 Å². The van der Waals surface area contributed by atoms with Crippen molar-refractivity contribution in [3.8, 4) is 0 Å². The molecule has 6 atom stereocenters. The van der Waals surface area contributed by atoms with Gasteiger partial charge in [0.05, 0.1) is 0 Å². The number of hydrogen-bond acceptors (Lipinski definition) is 6. The van der Waals surface area contributed by atoms with Crippen LogP contribution < -0.4 is 0 Å². The summed E-state index contributed by atoms with van der Waals surface area (Å²) in [6, 6.07) is -0.682. The van der Waals surface area contributed by atoms with Crippen LogP contribution in [-0.4, -0.2) is 55.6 Å². The Hall–Kier alpha value is 0.620. The number of aliphatic hydroxyl groups is 1. The Kier molecular flexibility index (Phi) is 13.0. The molecule has 1 saturated heterocycles. The van der Waals surface area contributed by atoms with Crippen LogP contribution in [0.2, 0.25) is 0 Å². The number of hydrogen-bond donors (Lipinski definition) is 2. The molecule has 0 bridgehead atoms. The Balaban J connectivity index is 2.88. The Morgan fingerprint density at radius 1 is 1.32 bits per heavy atom. The van der Waals surface area contributed by atoms with Gasteiger partial charge in [0.15, 0.2) is 0 Å². The van der Waals surface area contributed by atoms with E-state index in [2.05, 4.69) is 31.7 Å². The van der Waals surface area contributed by atoms with Crippen LogP contribution in [-0.2, 0) is 18.4 Å². The molecule has 0 saturated carbocycles. The zero-order chi connectivity index (χ0) is 18.7. The summed E-state index contributed by atoms with van der Waals surface area (Å²) in [6.45, 7) is 5.44. The second-order valence-corrected chi connectivity index (χ2v) is 12.4. The number of azide groups is 1. The van der Waals surface area contributed by atoms with Gasteiger partial charge in [0, 0.05) is 0 Å². The molecular weight excluding hydrogens is 480 g/mol. The fraction of sp³-hybridized carbons (Fsp3) is 1.00. The fourth-order valence-corrected chi connectivity index (χ4v) is 3.72.